The molecule has 1 aliphatic heterocycles. The van der Waals surface area contributed by atoms with E-state index in [9.17, 15) is 0 Å². The summed E-state index contributed by atoms with van der Waals surface area (Å²) < 4.78 is 5.22. The van der Waals surface area contributed by atoms with Crippen molar-refractivity contribution in [1.82, 2.24) is 10.3 Å². The lowest BCUT2D eigenvalue weighted by Gasteiger charge is -2.11. The van der Waals surface area contributed by atoms with E-state index >= 15 is 0 Å². The lowest BCUT2D eigenvalue weighted by Crippen LogP contribution is -2.11. The molecule has 2 heterocycles. The molecule has 2 rings (SSSR count). The molecule has 1 saturated heterocycles. The van der Waals surface area contributed by atoms with E-state index in [0.717, 1.165) is 25.1 Å². The third-order valence-corrected chi connectivity index (χ3v) is 2.98. The molecule has 0 spiro atoms. The van der Waals surface area contributed by atoms with E-state index in [1.165, 1.54) is 6.42 Å². The minimum absolute atomic E-state index is 0.486. The molecule has 3 nitrogen and oxygen atoms in total. The molecular weight excluding hydrogens is 212 g/mol. The lowest BCUT2D eigenvalue weighted by molar-refractivity contribution is 0.388. The number of hydrogen-bond donors (Lipinski definition) is 1. The summed E-state index contributed by atoms with van der Waals surface area (Å²) in [5, 5.41) is 3.84. The van der Waals surface area contributed by atoms with Gasteiger partial charge in [-0.1, -0.05) is 17.7 Å². The Balaban J connectivity index is 2.12. The number of pyridine rings is 1. The molecule has 0 bridgehead atoms. The minimum atomic E-state index is 0.486. The number of halogens is 1. The zero-order valence-electron chi connectivity index (χ0n) is 8.79. The topological polar surface area (TPSA) is 34.1 Å². The second-order valence-corrected chi connectivity index (χ2v) is 4.25. The van der Waals surface area contributed by atoms with Crippen molar-refractivity contribution >= 4 is 11.6 Å². The van der Waals surface area contributed by atoms with Gasteiger partial charge in [-0.2, -0.15) is 0 Å². The molecule has 0 radical (unpaired) electrons. The molecule has 15 heavy (non-hydrogen) atoms. The van der Waals surface area contributed by atoms with Gasteiger partial charge in [0.05, 0.1) is 7.11 Å². The Morgan fingerprint density at radius 1 is 1.60 bits per heavy atom. The van der Waals surface area contributed by atoms with Crippen molar-refractivity contribution in [3.8, 4) is 5.88 Å². The van der Waals surface area contributed by atoms with Gasteiger partial charge in [0.2, 0.25) is 5.88 Å². The highest BCUT2D eigenvalue weighted by atomic mass is 35.5. The highest BCUT2D eigenvalue weighted by Crippen LogP contribution is 2.23. The fourth-order valence-corrected chi connectivity index (χ4v) is 2.12. The van der Waals surface area contributed by atoms with Crippen LogP contribution < -0.4 is 10.1 Å². The number of hydrogen-bond acceptors (Lipinski definition) is 3. The van der Waals surface area contributed by atoms with E-state index in [0.29, 0.717) is 17.0 Å². The summed E-state index contributed by atoms with van der Waals surface area (Å²) in [6.45, 7) is 2.21. The number of rotatable bonds is 3. The van der Waals surface area contributed by atoms with E-state index < -0.39 is 0 Å². The minimum Gasteiger partial charge on any atom is -0.481 e. The summed E-state index contributed by atoms with van der Waals surface area (Å²) >= 11 is 5.81. The predicted octanol–water partition coefficient (Wildman–Crippen LogP) is 1.90. The average Bonchev–Trinajstić information content (AvgIpc) is 2.73. The standard InChI is InChI=1S/C11H15ClN2O/c1-15-11-9(2-3-10(12)14-11)6-8-4-5-13-7-8/h2-3,8,13H,4-7H2,1H3. The fourth-order valence-electron chi connectivity index (χ4n) is 1.98. The fraction of sp³-hybridized carbons (Fsp3) is 0.545. The van der Waals surface area contributed by atoms with Gasteiger partial charge in [0.15, 0.2) is 0 Å². The molecule has 82 valence electrons. The molecule has 1 atom stereocenters. The Labute approximate surface area is 94.8 Å². The first-order valence-electron chi connectivity index (χ1n) is 5.19. The molecule has 0 amide bonds. The van der Waals surface area contributed by atoms with Gasteiger partial charge in [-0.3, -0.25) is 0 Å². The number of ether oxygens (including phenoxy) is 1. The maximum Gasteiger partial charge on any atom is 0.217 e. The summed E-state index contributed by atoms with van der Waals surface area (Å²) in [6, 6.07) is 3.83. The Kier molecular flexibility index (Phi) is 3.44. The summed E-state index contributed by atoms with van der Waals surface area (Å²) in [7, 11) is 1.63. The predicted molar refractivity (Wildman–Crippen MR) is 60.5 cm³/mol. The first-order chi connectivity index (χ1) is 7.29. The van der Waals surface area contributed by atoms with Crippen molar-refractivity contribution in [3.63, 3.8) is 0 Å². The van der Waals surface area contributed by atoms with Gasteiger partial charge in [0.1, 0.15) is 5.15 Å². The van der Waals surface area contributed by atoms with Crippen molar-refractivity contribution in [2.45, 2.75) is 12.8 Å². The maximum absolute atomic E-state index is 5.81. The first-order valence-corrected chi connectivity index (χ1v) is 5.57. The molecule has 4 heteroatoms. The number of nitrogens with one attached hydrogen (secondary N) is 1. The van der Waals surface area contributed by atoms with Crippen molar-refractivity contribution in [2.24, 2.45) is 5.92 Å². The Hall–Kier alpha value is -0.800. The summed E-state index contributed by atoms with van der Waals surface area (Å²) in [4.78, 5) is 4.16. The van der Waals surface area contributed by atoms with Crippen LogP contribution in [0.15, 0.2) is 12.1 Å². The lowest BCUT2D eigenvalue weighted by atomic mass is 9.99. The van der Waals surface area contributed by atoms with Crippen molar-refractivity contribution < 1.29 is 4.74 Å². The molecule has 1 N–H and O–H groups in total. The van der Waals surface area contributed by atoms with Crippen molar-refractivity contribution in [1.29, 1.82) is 0 Å². The van der Waals surface area contributed by atoms with Crippen LogP contribution in [0.2, 0.25) is 5.15 Å². The normalized spacial score (nSPS) is 20.5. The second kappa shape index (κ2) is 4.81. The maximum atomic E-state index is 5.81. The zero-order chi connectivity index (χ0) is 10.7. The van der Waals surface area contributed by atoms with Crippen LogP contribution in [0.1, 0.15) is 12.0 Å². The van der Waals surface area contributed by atoms with Crippen LogP contribution in [0.3, 0.4) is 0 Å². The molecule has 1 aliphatic rings. The highest BCUT2D eigenvalue weighted by Gasteiger charge is 2.17. The van der Waals surface area contributed by atoms with Crippen molar-refractivity contribution in [3.05, 3.63) is 22.8 Å². The molecular formula is C11H15ClN2O. The van der Waals surface area contributed by atoms with Gasteiger partial charge >= 0.3 is 0 Å². The number of methoxy groups -OCH3 is 1. The van der Waals surface area contributed by atoms with Gasteiger partial charge in [0.25, 0.3) is 0 Å². The van der Waals surface area contributed by atoms with E-state index in [-0.39, 0.29) is 0 Å². The molecule has 0 aliphatic carbocycles. The average molecular weight is 227 g/mol. The summed E-state index contributed by atoms with van der Waals surface area (Å²) in [6.07, 6.45) is 2.24. The molecule has 1 aromatic rings. The summed E-state index contributed by atoms with van der Waals surface area (Å²) in [5.74, 6) is 1.36. The third kappa shape index (κ3) is 2.61. The Morgan fingerprint density at radius 3 is 3.13 bits per heavy atom. The second-order valence-electron chi connectivity index (χ2n) is 3.87. The summed E-state index contributed by atoms with van der Waals surface area (Å²) in [5.41, 5.74) is 1.15. The molecule has 1 fully saturated rings. The van der Waals surface area contributed by atoms with Gasteiger partial charge in [0, 0.05) is 5.56 Å². The highest BCUT2D eigenvalue weighted by molar-refractivity contribution is 6.29. The van der Waals surface area contributed by atoms with E-state index in [4.69, 9.17) is 16.3 Å². The molecule has 1 unspecified atom stereocenters. The smallest absolute Gasteiger partial charge is 0.217 e. The third-order valence-electron chi connectivity index (χ3n) is 2.77. The number of aromatic nitrogens is 1. The Bertz CT molecular complexity index is 337. The molecule has 0 aromatic carbocycles. The van der Waals surface area contributed by atoms with E-state index in [2.05, 4.69) is 10.3 Å². The quantitative estimate of drug-likeness (QED) is 0.800. The molecule has 0 saturated carbocycles. The van der Waals surface area contributed by atoms with Crippen molar-refractivity contribution in [2.75, 3.05) is 20.2 Å². The van der Waals surface area contributed by atoms with E-state index in [1.807, 2.05) is 12.1 Å². The number of nitrogens with zero attached hydrogens (tertiary/aromatic N) is 1. The van der Waals surface area contributed by atoms with Crippen LogP contribution in [-0.4, -0.2) is 25.2 Å². The van der Waals surface area contributed by atoms with Gasteiger partial charge < -0.3 is 10.1 Å². The SMILES string of the molecule is COc1nc(Cl)ccc1CC1CCNC1. The Morgan fingerprint density at radius 2 is 2.47 bits per heavy atom. The van der Waals surface area contributed by atoms with Crippen LogP contribution in [-0.2, 0) is 6.42 Å². The van der Waals surface area contributed by atoms with Crippen LogP contribution in [0.5, 0.6) is 5.88 Å². The van der Waals surface area contributed by atoms with Crippen LogP contribution >= 0.6 is 11.6 Å². The van der Waals surface area contributed by atoms with Gasteiger partial charge in [-0.25, -0.2) is 4.98 Å². The van der Waals surface area contributed by atoms with Crippen LogP contribution in [0.25, 0.3) is 0 Å². The zero-order valence-corrected chi connectivity index (χ0v) is 9.55. The van der Waals surface area contributed by atoms with E-state index in [1.54, 1.807) is 7.11 Å². The van der Waals surface area contributed by atoms with Gasteiger partial charge in [-0.05, 0) is 37.9 Å². The van der Waals surface area contributed by atoms with Crippen LogP contribution in [0, 0.1) is 5.92 Å². The van der Waals surface area contributed by atoms with Crippen LogP contribution in [0.4, 0.5) is 0 Å². The monoisotopic (exact) mass is 226 g/mol. The largest absolute Gasteiger partial charge is 0.481 e. The molecule has 1 aromatic heterocycles. The first kappa shape index (κ1) is 10.7. The van der Waals surface area contributed by atoms with Gasteiger partial charge in [-0.15, -0.1) is 0 Å².